The van der Waals surface area contributed by atoms with Crippen molar-refractivity contribution in [3.05, 3.63) is 5.21 Å². The lowest BCUT2D eigenvalue weighted by molar-refractivity contribution is 0.430. The third kappa shape index (κ3) is 13.9. The molecule has 0 spiro atoms. The number of hydrogen-bond donors (Lipinski definition) is 0. The van der Waals surface area contributed by atoms with Crippen LogP contribution in [0.15, 0.2) is 0 Å². The highest BCUT2D eigenvalue weighted by Crippen LogP contribution is 2.10. The Morgan fingerprint density at radius 2 is 1.13 bits per heavy atom. The van der Waals surface area contributed by atoms with E-state index in [1.54, 1.807) is 7.05 Å². The second-order valence-corrected chi connectivity index (χ2v) is 4.53. The van der Waals surface area contributed by atoms with E-state index in [0.717, 1.165) is 11.5 Å². The molecule has 92 valence electrons. The molecule has 0 N–H and O–H groups in total. The summed E-state index contributed by atoms with van der Waals surface area (Å²) in [5.41, 5.74) is 0. The molecule has 0 atom stereocenters. The van der Waals surface area contributed by atoms with Crippen LogP contribution in [0.5, 0.6) is 0 Å². The van der Waals surface area contributed by atoms with Crippen LogP contribution in [0.3, 0.4) is 0 Å². The Hall–Kier alpha value is -0.0800. The van der Waals surface area contributed by atoms with Gasteiger partial charge in [-0.25, -0.2) is 0 Å². The summed E-state index contributed by atoms with van der Waals surface area (Å²) in [6.07, 6.45) is 13.3. The van der Waals surface area contributed by atoms with Crippen LogP contribution in [0.25, 0.3) is 0 Å². The van der Waals surface area contributed by atoms with Gasteiger partial charge < -0.3 is 10.3 Å². The van der Waals surface area contributed by atoms with Crippen molar-refractivity contribution in [3.63, 3.8) is 0 Å². The molecule has 0 amide bonds. The van der Waals surface area contributed by atoms with Crippen LogP contribution in [0.2, 0.25) is 0 Å². The molecule has 0 aromatic heterocycles. The molecule has 0 fully saturated rings. The van der Waals surface area contributed by atoms with E-state index in [-0.39, 0.29) is 0 Å². The summed E-state index contributed by atoms with van der Waals surface area (Å²) < 4.78 is 0. The lowest BCUT2D eigenvalue weighted by Crippen LogP contribution is -2.10. The van der Waals surface area contributed by atoms with Crippen LogP contribution in [0.1, 0.15) is 71.1 Å². The smallest absolute Gasteiger partial charge is 0.0147 e. The number of hydrogen-bond acceptors (Lipinski definition) is 2. The van der Waals surface area contributed by atoms with Gasteiger partial charge in [0, 0.05) is 0 Å². The molecular weight excluding hydrogens is 186 g/mol. The summed E-state index contributed by atoms with van der Waals surface area (Å²) in [7, 11) is 1.60. The fourth-order valence-electron chi connectivity index (χ4n) is 1.82. The molecule has 2 heteroatoms. The van der Waals surface area contributed by atoms with Crippen LogP contribution in [-0.4, -0.2) is 18.7 Å². The molecule has 0 unspecified atom stereocenters. The van der Waals surface area contributed by atoms with Crippen molar-refractivity contribution >= 4 is 0 Å². The molecule has 0 radical (unpaired) electrons. The van der Waals surface area contributed by atoms with E-state index >= 15 is 0 Å². The SMILES string of the molecule is CCCCCCCCCCCCN(C)[O-]. The van der Waals surface area contributed by atoms with Crippen molar-refractivity contribution in [1.29, 1.82) is 0 Å². The minimum Gasteiger partial charge on any atom is -0.785 e. The third-order valence-corrected chi connectivity index (χ3v) is 2.83. The Balaban J connectivity index is 2.87. The van der Waals surface area contributed by atoms with Gasteiger partial charge in [-0.15, -0.1) is 0 Å². The summed E-state index contributed by atoms with van der Waals surface area (Å²) >= 11 is 0. The minimum atomic E-state index is 0.705. The van der Waals surface area contributed by atoms with E-state index < -0.39 is 0 Å². The van der Waals surface area contributed by atoms with E-state index in [0.29, 0.717) is 6.54 Å². The summed E-state index contributed by atoms with van der Waals surface area (Å²) in [5.74, 6) is 0. The summed E-state index contributed by atoms with van der Waals surface area (Å²) in [6, 6.07) is 0. The number of hydroxylamine groups is 2. The van der Waals surface area contributed by atoms with E-state index in [1.807, 2.05) is 0 Å². The van der Waals surface area contributed by atoms with Gasteiger partial charge in [0.25, 0.3) is 0 Å². The maximum atomic E-state index is 10.6. The van der Waals surface area contributed by atoms with Gasteiger partial charge in [-0.3, -0.25) is 0 Å². The monoisotopic (exact) mass is 214 g/mol. The zero-order valence-electron chi connectivity index (χ0n) is 10.6. The van der Waals surface area contributed by atoms with E-state index in [9.17, 15) is 5.21 Å². The number of unbranched alkanes of at least 4 members (excludes halogenated alkanes) is 9. The lowest BCUT2D eigenvalue weighted by atomic mass is 10.1. The van der Waals surface area contributed by atoms with Crippen molar-refractivity contribution in [2.75, 3.05) is 13.6 Å². The molecule has 0 saturated heterocycles. The van der Waals surface area contributed by atoms with Gasteiger partial charge in [-0.05, 0) is 20.0 Å². The Labute approximate surface area is 95.6 Å². The molecule has 0 aliphatic carbocycles. The molecule has 0 aromatic carbocycles. The van der Waals surface area contributed by atoms with Gasteiger partial charge in [0.1, 0.15) is 0 Å². The highest BCUT2D eigenvalue weighted by atomic mass is 16.5. The van der Waals surface area contributed by atoms with Crippen molar-refractivity contribution in [1.82, 2.24) is 5.06 Å². The van der Waals surface area contributed by atoms with E-state index in [2.05, 4.69) is 6.92 Å². The quantitative estimate of drug-likeness (QED) is 0.378. The maximum absolute atomic E-state index is 10.6. The van der Waals surface area contributed by atoms with Crippen molar-refractivity contribution in [2.24, 2.45) is 0 Å². The summed E-state index contributed by atoms with van der Waals surface area (Å²) in [4.78, 5) is 0. The fraction of sp³-hybridized carbons (Fsp3) is 1.00. The molecule has 2 nitrogen and oxygen atoms in total. The largest absolute Gasteiger partial charge is 0.785 e. The van der Waals surface area contributed by atoms with Crippen molar-refractivity contribution < 1.29 is 0 Å². The Bertz CT molecular complexity index is 115. The fourth-order valence-corrected chi connectivity index (χ4v) is 1.82. The zero-order chi connectivity index (χ0) is 11.4. The predicted octanol–water partition coefficient (Wildman–Crippen LogP) is 4.34. The zero-order valence-corrected chi connectivity index (χ0v) is 10.6. The molecule has 0 rings (SSSR count). The van der Waals surface area contributed by atoms with Crippen LogP contribution < -0.4 is 0 Å². The van der Waals surface area contributed by atoms with Gasteiger partial charge in [0.2, 0.25) is 0 Å². The second-order valence-electron chi connectivity index (χ2n) is 4.53. The first-order chi connectivity index (χ1) is 7.27. The van der Waals surface area contributed by atoms with Crippen LogP contribution in [-0.2, 0) is 0 Å². The van der Waals surface area contributed by atoms with Crippen molar-refractivity contribution in [3.8, 4) is 0 Å². The molecule has 0 saturated carbocycles. The van der Waals surface area contributed by atoms with Crippen LogP contribution in [0.4, 0.5) is 0 Å². The Morgan fingerprint density at radius 1 is 0.733 bits per heavy atom. The second kappa shape index (κ2) is 12.0. The number of rotatable bonds is 11. The molecule has 0 aliphatic rings. The normalized spacial score (nSPS) is 11.2. The third-order valence-electron chi connectivity index (χ3n) is 2.83. The van der Waals surface area contributed by atoms with Crippen LogP contribution in [0, 0.1) is 5.21 Å². The highest BCUT2D eigenvalue weighted by Gasteiger charge is 1.92. The minimum absolute atomic E-state index is 0.705. The standard InChI is InChI=1S/C13H28NO/c1-3-4-5-6-7-8-9-10-11-12-13-14(2)15/h3-13H2,1-2H3/q-1. The Morgan fingerprint density at radius 3 is 1.53 bits per heavy atom. The molecule has 15 heavy (non-hydrogen) atoms. The average Bonchev–Trinajstić information content (AvgIpc) is 2.20. The van der Waals surface area contributed by atoms with Gasteiger partial charge in [0.05, 0.1) is 0 Å². The van der Waals surface area contributed by atoms with E-state index in [4.69, 9.17) is 0 Å². The molecule has 0 heterocycles. The van der Waals surface area contributed by atoms with Gasteiger partial charge in [0.15, 0.2) is 0 Å². The van der Waals surface area contributed by atoms with Crippen LogP contribution >= 0.6 is 0 Å². The Kier molecular flexibility index (Phi) is 11.9. The van der Waals surface area contributed by atoms with E-state index in [1.165, 1.54) is 57.8 Å². The molecular formula is C13H28NO-. The first-order valence-corrected chi connectivity index (χ1v) is 6.65. The van der Waals surface area contributed by atoms with Gasteiger partial charge >= 0.3 is 0 Å². The van der Waals surface area contributed by atoms with Gasteiger partial charge in [-0.2, -0.15) is 0 Å². The molecule has 0 bridgehead atoms. The number of nitrogens with zero attached hydrogens (tertiary/aromatic N) is 1. The summed E-state index contributed by atoms with van der Waals surface area (Å²) in [5, 5.41) is 11.6. The maximum Gasteiger partial charge on any atom is -0.0147 e. The first kappa shape index (κ1) is 14.9. The summed E-state index contributed by atoms with van der Waals surface area (Å²) in [6.45, 7) is 2.96. The lowest BCUT2D eigenvalue weighted by Gasteiger charge is -2.21. The van der Waals surface area contributed by atoms with Gasteiger partial charge in [-0.1, -0.05) is 64.7 Å². The highest BCUT2D eigenvalue weighted by molar-refractivity contribution is 4.51. The molecule has 0 aliphatic heterocycles. The average molecular weight is 214 g/mol. The predicted molar refractivity (Wildman–Crippen MR) is 67.8 cm³/mol. The molecule has 0 aromatic rings. The van der Waals surface area contributed by atoms with Crippen molar-refractivity contribution in [2.45, 2.75) is 71.1 Å². The topological polar surface area (TPSA) is 26.3 Å². The first-order valence-electron chi connectivity index (χ1n) is 6.65.